The minimum atomic E-state index is -2.66. The Kier molecular flexibility index (Phi) is 4.13. The normalized spacial score (nSPS) is 19.5. The van der Waals surface area contributed by atoms with Gasteiger partial charge in [-0.25, -0.2) is 4.21 Å². The second-order valence-corrected chi connectivity index (χ2v) is 15.5. The van der Waals surface area contributed by atoms with Crippen LogP contribution in [-0.4, -0.2) is 17.7 Å². The van der Waals surface area contributed by atoms with Crippen LogP contribution in [0.15, 0.2) is 28.3 Å². The largest absolute Gasteiger partial charge is 0.265 e. The van der Waals surface area contributed by atoms with E-state index < -0.39 is 17.2 Å². The quantitative estimate of drug-likeness (QED) is 0.567. The van der Waals surface area contributed by atoms with Crippen molar-refractivity contribution in [3.8, 4) is 0 Å². The lowest BCUT2D eigenvalue weighted by atomic mass is 10.1. The van der Waals surface area contributed by atoms with Crippen molar-refractivity contribution in [2.75, 3.05) is 0 Å². The Bertz CT molecular complexity index is 602. The molecule has 0 saturated heterocycles. The van der Waals surface area contributed by atoms with Gasteiger partial charge in [0.1, 0.15) is 8.94 Å². The second kappa shape index (κ2) is 5.15. The molecule has 1 atom stereocenters. The van der Waals surface area contributed by atoms with Crippen LogP contribution in [0.25, 0.3) is 0 Å². The van der Waals surface area contributed by atoms with Crippen molar-refractivity contribution >= 4 is 27.9 Å². The van der Waals surface area contributed by atoms with Gasteiger partial charge in [-0.1, -0.05) is 45.0 Å². The van der Waals surface area contributed by atoms with Gasteiger partial charge in [0.05, 0.1) is 5.25 Å². The summed E-state index contributed by atoms with van der Waals surface area (Å²) in [5.41, 5.74) is 2.55. The van der Waals surface area contributed by atoms with Gasteiger partial charge in [-0.05, 0) is 52.8 Å². The van der Waals surface area contributed by atoms with Crippen molar-refractivity contribution in [3.63, 3.8) is 0 Å². The molecule has 5 heteroatoms. The fraction of sp³-hybridized carbons (Fsp3) is 0.600. The number of nitrogens with zero attached hydrogens (tertiary/aromatic N) is 1. The van der Waals surface area contributed by atoms with E-state index in [0.717, 1.165) is 12.8 Å². The Balaban J connectivity index is 2.32. The van der Waals surface area contributed by atoms with E-state index in [1.165, 1.54) is 11.1 Å². The van der Waals surface area contributed by atoms with E-state index in [4.69, 9.17) is 14.7 Å². The molecule has 1 unspecified atom stereocenters. The highest BCUT2D eigenvalue weighted by molar-refractivity contribution is 8.16. The molecule has 2 nitrogen and oxygen atoms in total. The fourth-order valence-electron chi connectivity index (χ4n) is 2.25. The zero-order valence-corrected chi connectivity index (χ0v) is 15.5. The Hall–Kier alpha value is -0.323. The molecule has 1 aromatic rings. The molecule has 1 aromatic carbocycles. The van der Waals surface area contributed by atoms with Gasteiger partial charge in [-0.15, -0.1) is 0 Å². The van der Waals surface area contributed by atoms with Gasteiger partial charge in [0, 0.05) is 0 Å². The third kappa shape index (κ3) is 3.12. The van der Waals surface area contributed by atoms with E-state index >= 15 is 0 Å². The van der Waals surface area contributed by atoms with Gasteiger partial charge < -0.3 is 0 Å². The van der Waals surface area contributed by atoms with Crippen molar-refractivity contribution in [1.29, 1.82) is 0 Å². The molecule has 1 aliphatic carbocycles. The number of hydrogen-bond donors (Lipinski definition) is 0. The first-order valence-corrected chi connectivity index (χ1v) is 12.4. The highest BCUT2D eigenvalue weighted by Crippen LogP contribution is 2.39. The molecule has 0 saturated carbocycles. The number of hydrogen-bond acceptors (Lipinski definition) is 2. The van der Waals surface area contributed by atoms with Crippen molar-refractivity contribution < 1.29 is 4.21 Å². The van der Waals surface area contributed by atoms with Crippen LogP contribution in [-0.2, 0) is 21.8 Å². The Morgan fingerprint density at radius 2 is 1.65 bits per heavy atom. The van der Waals surface area contributed by atoms with Crippen molar-refractivity contribution in [2.24, 2.45) is 4.03 Å². The summed E-state index contributed by atoms with van der Waals surface area (Å²) in [6, 6.07) is 8.27. The SMILES string of the molecule is CC(C)(C)[Si](C)(C)N=S(=O)(Cl)C1Cc2ccccc2C1. The predicted octanol–water partition coefficient (Wildman–Crippen LogP) is 4.78. The highest BCUT2D eigenvalue weighted by atomic mass is 35.7. The number of rotatable bonds is 2. The van der Waals surface area contributed by atoms with Crippen LogP contribution in [0.5, 0.6) is 0 Å². The molecule has 0 heterocycles. The van der Waals surface area contributed by atoms with Crippen LogP contribution >= 0.6 is 10.7 Å². The molecule has 1 aliphatic rings. The second-order valence-electron chi connectivity index (χ2n) is 7.20. The molecule has 0 aromatic heterocycles. The van der Waals surface area contributed by atoms with Gasteiger partial charge in [0.2, 0.25) is 0 Å². The first-order valence-electron chi connectivity index (χ1n) is 7.06. The summed E-state index contributed by atoms with van der Waals surface area (Å²) in [5.74, 6) is 0. The summed E-state index contributed by atoms with van der Waals surface area (Å²) in [6.45, 7) is 10.8. The van der Waals surface area contributed by atoms with Crippen LogP contribution in [0.3, 0.4) is 0 Å². The molecule has 0 spiro atoms. The van der Waals surface area contributed by atoms with Crippen LogP contribution in [0.4, 0.5) is 0 Å². The zero-order valence-electron chi connectivity index (χ0n) is 12.9. The molecule has 0 amide bonds. The standard InChI is InChI=1S/C15H24ClNOSSi/c1-15(2,3)20(4,5)17-19(16,18)14-10-12-8-6-7-9-13(12)11-14/h6-9,14H,10-11H2,1-5H3. The van der Waals surface area contributed by atoms with Crippen molar-refractivity contribution in [2.45, 2.75) is 57.0 Å². The summed E-state index contributed by atoms with van der Waals surface area (Å²) in [7, 11) is 1.77. The Morgan fingerprint density at radius 1 is 1.20 bits per heavy atom. The maximum Gasteiger partial charge on any atom is 0.194 e. The van der Waals surface area contributed by atoms with Crippen molar-refractivity contribution in [1.82, 2.24) is 0 Å². The van der Waals surface area contributed by atoms with E-state index in [9.17, 15) is 4.21 Å². The summed E-state index contributed by atoms with van der Waals surface area (Å²) < 4.78 is 17.7. The summed E-state index contributed by atoms with van der Waals surface area (Å²) in [6.07, 6.45) is 1.58. The smallest absolute Gasteiger partial charge is 0.194 e. The number of fused-ring (bicyclic) bond motifs is 1. The molecule has 112 valence electrons. The highest BCUT2D eigenvalue weighted by Gasteiger charge is 2.39. The lowest BCUT2D eigenvalue weighted by Crippen LogP contribution is -2.37. The lowest BCUT2D eigenvalue weighted by molar-refractivity contribution is 0.671. The molecule has 0 N–H and O–H groups in total. The van der Waals surface area contributed by atoms with E-state index in [1.54, 1.807) is 0 Å². The number of halogens is 1. The maximum atomic E-state index is 13.0. The molecule has 0 bridgehead atoms. The number of benzene rings is 1. The van der Waals surface area contributed by atoms with Crippen LogP contribution in [0.2, 0.25) is 18.1 Å². The van der Waals surface area contributed by atoms with E-state index in [2.05, 4.69) is 46.0 Å². The average Bonchev–Trinajstić information content (AvgIpc) is 2.70. The van der Waals surface area contributed by atoms with Crippen LogP contribution in [0, 0.1) is 0 Å². The molecule has 20 heavy (non-hydrogen) atoms. The topological polar surface area (TPSA) is 29.4 Å². The minimum Gasteiger partial charge on any atom is -0.265 e. The van der Waals surface area contributed by atoms with Gasteiger partial charge >= 0.3 is 0 Å². The van der Waals surface area contributed by atoms with E-state index in [-0.39, 0.29) is 10.3 Å². The third-order valence-corrected chi connectivity index (χ3v) is 13.6. The summed E-state index contributed by atoms with van der Waals surface area (Å²) >= 11 is 0. The molecule has 0 fully saturated rings. The first-order chi connectivity index (χ1) is 9.03. The molecule has 0 radical (unpaired) electrons. The Labute approximate surface area is 128 Å². The first kappa shape index (κ1) is 16.1. The molecule has 2 rings (SSSR count). The van der Waals surface area contributed by atoms with Gasteiger partial charge in [-0.2, -0.15) is 0 Å². The van der Waals surface area contributed by atoms with Gasteiger partial charge in [0.15, 0.2) is 8.24 Å². The third-order valence-electron chi connectivity index (χ3n) is 4.61. The summed E-state index contributed by atoms with van der Waals surface area (Å²) in [4.78, 5) is 0. The minimum absolute atomic E-state index is 0.0457. The predicted molar refractivity (Wildman–Crippen MR) is 91.3 cm³/mol. The lowest BCUT2D eigenvalue weighted by Gasteiger charge is -2.33. The average molecular weight is 330 g/mol. The molecular formula is C15H24ClNOSSi. The molecule has 0 aliphatic heterocycles. The van der Waals surface area contributed by atoms with Crippen molar-refractivity contribution in [3.05, 3.63) is 35.4 Å². The van der Waals surface area contributed by atoms with E-state index in [1.807, 2.05) is 12.1 Å². The van der Waals surface area contributed by atoms with Crippen LogP contribution in [0.1, 0.15) is 31.9 Å². The maximum absolute atomic E-state index is 13.0. The Morgan fingerprint density at radius 3 is 2.05 bits per heavy atom. The van der Waals surface area contributed by atoms with Gasteiger partial charge in [-0.3, -0.25) is 4.03 Å². The van der Waals surface area contributed by atoms with Crippen LogP contribution < -0.4 is 0 Å². The van der Waals surface area contributed by atoms with Gasteiger partial charge in [0.25, 0.3) is 0 Å². The fourth-order valence-corrected chi connectivity index (χ4v) is 9.13. The zero-order chi connectivity index (χ0) is 15.2. The summed E-state index contributed by atoms with van der Waals surface area (Å²) in [5, 5.41) is 0.0198. The molecular weight excluding hydrogens is 306 g/mol. The van der Waals surface area contributed by atoms with E-state index in [0.29, 0.717) is 0 Å². The monoisotopic (exact) mass is 329 g/mol.